The topological polar surface area (TPSA) is 104 Å². The predicted octanol–water partition coefficient (Wildman–Crippen LogP) is 1.92. The van der Waals surface area contributed by atoms with Gasteiger partial charge in [-0.05, 0) is 31.0 Å². The summed E-state index contributed by atoms with van der Waals surface area (Å²) in [6.45, 7) is 0. The number of aliphatic carboxylic acids is 2. The largest absolute Gasteiger partial charge is 0.481 e. The molecule has 0 bridgehead atoms. The van der Waals surface area contributed by atoms with Crippen molar-refractivity contribution >= 4 is 29.4 Å². The number of amides is 1. The van der Waals surface area contributed by atoms with Crippen LogP contribution in [0.5, 0.6) is 0 Å². The highest BCUT2D eigenvalue weighted by Crippen LogP contribution is 2.16. The van der Waals surface area contributed by atoms with Crippen LogP contribution in [-0.2, 0) is 9.59 Å². The Morgan fingerprint density at radius 2 is 1.95 bits per heavy atom. The summed E-state index contributed by atoms with van der Waals surface area (Å²) in [6.07, 6.45) is -0.110. The smallest absolute Gasteiger partial charge is 0.326 e. The van der Waals surface area contributed by atoms with Crippen molar-refractivity contribution in [2.45, 2.75) is 25.3 Å². The maximum absolute atomic E-state index is 13.0. The zero-order valence-corrected chi connectivity index (χ0v) is 11.6. The van der Waals surface area contributed by atoms with Gasteiger partial charge in [-0.1, -0.05) is 11.6 Å². The van der Waals surface area contributed by atoms with E-state index in [9.17, 15) is 18.8 Å². The number of carboxylic acids is 2. The Morgan fingerprint density at radius 1 is 1.29 bits per heavy atom. The van der Waals surface area contributed by atoms with E-state index in [2.05, 4.69) is 5.32 Å². The molecule has 0 fully saturated rings. The fourth-order valence-corrected chi connectivity index (χ4v) is 1.77. The average Bonchev–Trinajstić information content (AvgIpc) is 2.40. The molecule has 0 unspecified atom stereocenters. The zero-order valence-electron chi connectivity index (χ0n) is 10.8. The molecule has 8 heteroatoms. The molecule has 1 aromatic carbocycles. The van der Waals surface area contributed by atoms with Gasteiger partial charge in [-0.25, -0.2) is 9.18 Å². The van der Waals surface area contributed by atoms with E-state index in [-0.39, 0.29) is 29.8 Å². The van der Waals surface area contributed by atoms with Gasteiger partial charge in [0.2, 0.25) is 0 Å². The van der Waals surface area contributed by atoms with Gasteiger partial charge in [0.1, 0.15) is 11.9 Å². The lowest BCUT2D eigenvalue weighted by atomic mass is 10.1. The van der Waals surface area contributed by atoms with Crippen LogP contribution < -0.4 is 5.32 Å². The van der Waals surface area contributed by atoms with E-state index in [1.165, 1.54) is 6.07 Å². The summed E-state index contributed by atoms with van der Waals surface area (Å²) in [5.41, 5.74) is 0.0193. The van der Waals surface area contributed by atoms with Gasteiger partial charge < -0.3 is 15.5 Å². The number of carboxylic acid groups (broad SMARTS) is 2. The second-order valence-electron chi connectivity index (χ2n) is 4.28. The molecule has 0 spiro atoms. The minimum atomic E-state index is -1.28. The van der Waals surface area contributed by atoms with Crippen LogP contribution in [0, 0.1) is 5.82 Å². The number of rotatable bonds is 7. The highest BCUT2D eigenvalue weighted by molar-refractivity contribution is 6.31. The van der Waals surface area contributed by atoms with Gasteiger partial charge in [-0.3, -0.25) is 9.59 Å². The fraction of sp³-hybridized carbons (Fsp3) is 0.308. The first-order valence-corrected chi connectivity index (χ1v) is 6.39. The third kappa shape index (κ3) is 5.39. The molecule has 3 N–H and O–H groups in total. The second kappa shape index (κ2) is 7.58. The molecular formula is C13H13ClFNO5. The Balaban J connectivity index is 2.69. The van der Waals surface area contributed by atoms with E-state index in [0.717, 1.165) is 12.1 Å². The molecule has 0 saturated heterocycles. The molecule has 1 rings (SSSR count). The number of halogens is 2. The lowest BCUT2D eigenvalue weighted by Gasteiger charge is -2.14. The molecule has 0 aliphatic carbocycles. The van der Waals surface area contributed by atoms with E-state index in [1.807, 2.05) is 0 Å². The Kier molecular flexibility index (Phi) is 6.10. The maximum atomic E-state index is 13.0. The first-order chi connectivity index (χ1) is 9.81. The number of hydrogen-bond donors (Lipinski definition) is 3. The summed E-state index contributed by atoms with van der Waals surface area (Å²) in [6, 6.07) is 2.03. The molecule has 0 aromatic heterocycles. The summed E-state index contributed by atoms with van der Waals surface area (Å²) in [5, 5.41) is 19.5. The molecule has 0 radical (unpaired) electrons. The molecule has 0 aliphatic rings. The van der Waals surface area contributed by atoms with Crippen molar-refractivity contribution < 1.29 is 29.0 Å². The van der Waals surface area contributed by atoms with Crippen molar-refractivity contribution in [2.24, 2.45) is 0 Å². The van der Waals surface area contributed by atoms with Crippen LogP contribution in [0.3, 0.4) is 0 Å². The van der Waals surface area contributed by atoms with Gasteiger partial charge in [0.15, 0.2) is 0 Å². The van der Waals surface area contributed by atoms with Crippen molar-refractivity contribution in [1.82, 2.24) is 5.32 Å². The molecule has 21 heavy (non-hydrogen) atoms. The van der Waals surface area contributed by atoms with Gasteiger partial charge in [-0.15, -0.1) is 0 Å². The van der Waals surface area contributed by atoms with Crippen LogP contribution in [0.4, 0.5) is 4.39 Å². The Labute approximate surface area is 124 Å². The van der Waals surface area contributed by atoms with Crippen LogP contribution in [0.2, 0.25) is 5.02 Å². The molecule has 1 amide bonds. The Bertz CT molecular complexity index is 563. The lowest BCUT2D eigenvalue weighted by molar-refractivity contribution is -0.140. The van der Waals surface area contributed by atoms with Crippen molar-refractivity contribution in [3.63, 3.8) is 0 Å². The van der Waals surface area contributed by atoms with Crippen LogP contribution in [0.25, 0.3) is 0 Å². The molecule has 0 saturated carbocycles. The minimum Gasteiger partial charge on any atom is -0.481 e. The van der Waals surface area contributed by atoms with Crippen molar-refractivity contribution in [3.8, 4) is 0 Å². The van der Waals surface area contributed by atoms with Gasteiger partial charge in [0, 0.05) is 12.0 Å². The molecule has 0 aliphatic heterocycles. The van der Waals surface area contributed by atoms with Crippen molar-refractivity contribution in [1.29, 1.82) is 0 Å². The van der Waals surface area contributed by atoms with Gasteiger partial charge in [-0.2, -0.15) is 0 Å². The van der Waals surface area contributed by atoms with Crippen LogP contribution in [-0.4, -0.2) is 34.1 Å². The Morgan fingerprint density at radius 3 is 2.48 bits per heavy atom. The van der Waals surface area contributed by atoms with E-state index >= 15 is 0 Å². The molecule has 114 valence electrons. The van der Waals surface area contributed by atoms with Crippen molar-refractivity contribution in [2.75, 3.05) is 0 Å². The number of benzene rings is 1. The average molecular weight is 318 g/mol. The summed E-state index contributed by atoms with van der Waals surface area (Å²) >= 11 is 5.54. The summed E-state index contributed by atoms with van der Waals surface area (Å²) in [7, 11) is 0. The third-order valence-corrected chi connectivity index (χ3v) is 2.96. The zero-order chi connectivity index (χ0) is 16.0. The number of carbonyl (C=O) groups excluding carboxylic acids is 1. The third-order valence-electron chi connectivity index (χ3n) is 2.67. The van der Waals surface area contributed by atoms with Gasteiger partial charge >= 0.3 is 11.9 Å². The SMILES string of the molecule is O=C(O)CCC[C@@H](NC(=O)c1ccc(F)c(Cl)c1)C(=O)O. The molecule has 1 atom stereocenters. The van der Waals surface area contributed by atoms with Gasteiger partial charge in [0.25, 0.3) is 5.91 Å². The Hall–Kier alpha value is -2.15. The monoisotopic (exact) mass is 317 g/mol. The van der Waals surface area contributed by atoms with E-state index in [4.69, 9.17) is 21.8 Å². The molecular weight excluding hydrogens is 305 g/mol. The number of carbonyl (C=O) groups is 3. The number of nitrogens with one attached hydrogen (secondary N) is 1. The normalized spacial score (nSPS) is 11.7. The highest BCUT2D eigenvalue weighted by atomic mass is 35.5. The minimum absolute atomic E-state index is 0.0193. The highest BCUT2D eigenvalue weighted by Gasteiger charge is 2.21. The summed E-state index contributed by atoms with van der Waals surface area (Å²) in [5.74, 6) is -3.73. The van der Waals surface area contributed by atoms with Crippen LogP contribution in [0.1, 0.15) is 29.6 Å². The standard InChI is InChI=1S/C13H13ClFNO5/c14-8-6-7(4-5-9(8)15)12(19)16-10(13(20)21)2-1-3-11(17)18/h4-6,10H,1-3H2,(H,16,19)(H,17,18)(H,20,21)/t10-/m1/s1. The second-order valence-corrected chi connectivity index (χ2v) is 4.69. The number of hydrogen-bond acceptors (Lipinski definition) is 3. The quantitative estimate of drug-likeness (QED) is 0.712. The van der Waals surface area contributed by atoms with Gasteiger partial charge in [0.05, 0.1) is 5.02 Å². The van der Waals surface area contributed by atoms with Crippen LogP contribution in [0.15, 0.2) is 18.2 Å². The summed E-state index contributed by atoms with van der Waals surface area (Å²) in [4.78, 5) is 33.2. The molecule has 6 nitrogen and oxygen atoms in total. The maximum Gasteiger partial charge on any atom is 0.326 e. The summed E-state index contributed by atoms with van der Waals surface area (Å²) < 4.78 is 13.0. The van der Waals surface area contributed by atoms with E-state index in [1.54, 1.807) is 0 Å². The predicted molar refractivity (Wildman–Crippen MR) is 71.8 cm³/mol. The first-order valence-electron chi connectivity index (χ1n) is 6.01. The van der Waals surface area contributed by atoms with E-state index < -0.39 is 29.7 Å². The fourth-order valence-electron chi connectivity index (χ4n) is 1.59. The van der Waals surface area contributed by atoms with Crippen LogP contribution >= 0.6 is 11.6 Å². The molecule has 0 heterocycles. The van der Waals surface area contributed by atoms with E-state index in [0.29, 0.717) is 0 Å². The first kappa shape index (κ1) is 16.9. The lowest BCUT2D eigenvalue weighted by Crippen LogP contribution is -2.40. The molecule has 1 aromatic rings. The van der Waals surface area contributed by atoms with Crippen molar-refractivity contribution in [3.05, 3.63) is 34.6 Å².